The number of carbonyl (C=O) groups is 2. The maximum atomic E-state index is 13.2. The summed E-state index contributed by atoms with van der Waals surface area (Å²) >= 11 is 0. The zero-order valence-corrected chi connectivity index (χ0v) is 29.2. The van der Waals surface area contributed by atoms with Crippen molar-refractivity contribution < 1.29 is 43.1 Å². The number of unbranched alkanes of at least 4 members (excludes halogenated alkanes) is 1. The molecule has 0 radical (unpaired) electrons. The van der Waals surface area contributed by atoms with Crippen LogP contribution in [0.4, 0.5) is 0 Å². The van der Waals surface area contributed by atoms with Crippen molar-refractivity contribution in [2.75, 3.05) is 20.3 Å². The highest BCUT2D eigenvalue weighted by Crippen LogP contribution is 2.42. The van der Waals surface area contributed by atoms with E-state index in [1.54, 1.807) is 0 Å². The summed E-state index contributed by atoms with van der Waals surface area (Å²) in [7, 11) is 1.33. The van der Waals surface area contributed by atoms with Gasteiger partial charge in [0.15, 0.2) is 6.29 Å². The van der Waals surface area contributed by atoms with Gasteiger partial charge in [-0.25, -0.2) is 4.79 Å². The molecule has 0 spiro atoms. The van der Waals surface area contributed by atoms with Crippen molar-refractivity contribution in [3.8, 4) is 0 Å². The molecular formula is C36H59NO9. The van der Waals surface area contributed by atoms with Crippen molar-refractivity contribution >= 4 is 11.9 Å². The molecule has 3 rings (SSSR count). The average molecular weight is 650 g/mol. The Labute approximate surface area is 276 Å². The zero-order valence-electron chi connectivity index (χ0n) is 29.2. The standard InChI is InChI=1S/C36H59NO9/c1-9-22(2)31(38)32-24(4)23(3)19-36(46-32,35(40)41-8)44-21-30-26(6)25(5)27(7)34(45-30)42-18-14-13-17-29(37)33(39)43-20-28-15-11-10-12-16-28/h10-12,15-16,22-27,29-32,34,38H,9,13-14,17-21,37H2,1-8H3/t22-,23?,24-,25+,26-,27?,29+,30?,31-,32?,34+,36-/m1/s1. The molecule has 262 valence electrons. The van der Waals surface area contributed by atoms with E-state index in [9.17, 15) is 14.7 Å². The Balaban J connectivity index is 1.54. The number of rotatable bonds is 16. The second-order valence-electron chi connectivity index (χ2n) is 13.7. The van der Waals surface area contributed by atoms with Crippen LogP contribution >= 0.6 is 0 Å². The number of aliphatic hydroxyl groups excluding tert-OH is 1. The van der Waals surface area contributed by atoms with E-state index in [2.05, 4.69) is 27.7 Å². The monoisotopic (exact) mass is 649 g/mol. The molecule has 2 aliphatic rings. The zero-order chi connectivity index (χ0) is 34.0. The molecular weight excluding hydrogens is 590 g/mol. The number of benzene rings is 1. The lowest BCUT2D eigenvalue weighted by atomic mass is 9.77. The molecule has 10 heteroatoms. The topological polar surface area (TPSA) is 136 Å². The third-order valence-corrected chi connectivity index (χ3v) is 10.6. The average Bonchev–Trinajstić information content (AvgIpc) is 3.06. The molecule has 0 bridgehead atoms. The summed E-state index contributed by atoms with van der Waals surface area (Å²) in [6.07, 6.45) is 0.914. The van der Waals surface area contributed by atoms with Crippen LogP contribution < -0.4 is 5.73 Å². The van der Waals surface area contributed by atoms with E-state index in [4.69, 9.17) is 34.2 Å². The second-order valence-corrected chi connectivity index (χ2v) is 13.7. The van der Waals surface area contributed by atoms with Gasteiger partial charge in [0.2, 0.25) is 0 Å². The van der Waals surface area contributed by atoms with Crippen LogP contribution in [-0.2, 0) is 44.6 Å². The Hall–Kier alpha value is -2.08. The van der Waals surface area contributed by atoms with Gasteiger partial charge in [-0.15, -0.1) is 0 Å². The van der Waals surface area contributed by atoms with Crippen LogP contribution in [0.15, 0.2) is 30.3 Å². The normalized spacial score (nSPS) is 33.5. The molecule has 3 N–H and O–H groups in total. The van der Waals surface area contributed by atoms with Gasteiger partial charge in [0, 0.05) is 18.9 Å². The minimum atomic E-state index is -1.63. The Morgan fingerprint density at radius 3 is 2.39 bits per heavy atom. The first kappa shape index (κ1) is 38.4. The molecule has 4 unspecified atom stereocenters. The minimum Gasteiger partial charge on any atom is -0.465 e. The van der Waals surface area contributed by atoms with Crippen LogP contribution in [0.3, 0.4) is 0 Å². The lowest BCUT2D eigenvalue weighted by molar-refractivity contribution is -0.326. The maximum Gasteiger partial charge on any atom is 0.366 e. The summed E-state index contributed by atoms with van der Waals surface area (Å²) in [5.74, 6) is -2.03. The Kier molecular flexibility index (Phi) is 14.9. The van der Waals surface area contributed by atoms with Crippen molar-refractivity contribution in [3.05, 3.63) is 35.9 Å². The third-order valence-electron chi connectivity index (χ3n) is 10.6. The molecule has 10 nitrogen and oxygen atoms in total. The SMILES string of the molecule is CC[C@@H](C)[C@@H](O)C1O[C@@](OCC2O[C@H](OCCCC[C@H](N)C(=O)OCc3ccccc3)C(C)[C@@H](C)[C@H]2C)(C(=O)OC)CC(C)[C@H]1C. The molecule has 2 aliphatic heterocycles. The Morgan fingerprint density at radius 2 is 1.74 bits per heavy atom. The fourth-order valence-corrected chi connectivity index (χ4v) is 6.40. The summed E-state index contributed by atoms with van der Waals surface area (Å²) in [6, 6.07) is 8.84. The molecule has 2 saturated heterocycles. The number of hydrogen-bond donors (Lipinski definition) is 2. The van der Waals surface area contributed by atoms with E-state index in [0.717, 1.165) is 12.0 Å². The molecule has 0 aromatic heterocycles. The van der Waals surface area contributed by atoms with Crippen LogP contribution in [0.25, 0.3) is 0 Å². The van der Waals surface area contributed by atoms with Crippen molar-refractivity contribution in [3.63, 3.8) is 0 Å². The molecule has 46 heavy (non-hydrogen) atoms. The number of esters is 2. The van der Waals surface area contributed by atoms with E-state index in [1.165, 1.54) is 7.11 Å². The number of hydrogen-bond acceptors (Lipinski definition) is 10. The fourth-order valence-electron chi connectivity index (χ4n) is 6.40. The highest BCUT2D eigenvalue weighted by atomic mass is 16.7. The number of aliphatic hydroxyl groups is 1. The van der Waals surface area contributed by atoms with Crippen LogP contribution in [0.5, 0.6) is 0 Å². The first-order valence-electron chi connectivity index (χ1n) is 17.2. The molecule has 2 fully saturated rings. The fraction of sp³-hybridized carbons (Fsp3) is 0.778. The van der Waals surface area contributed by atoms with Gasteiger partial charge in [0.05, 0.1) is 32.0 Å². The summed E-state index contributed by atoms with van der Waals surface area (Å²) in [5.41, 5.74) is 6.99. The van der Waals surface area contributed by atoms with E-state index < -0.39 is 42.3 Å². The van der Waals surface area contributed by atoms with Crippen molar-refractivity contribution in [1.82, 2.24) is 0 Å². The van der Waals surface area contributed by atoms with Crippen LogP contribution in [0.1, 0.15) is 86.1 Å². The molecule has 0 aliphatic carbocycles. The predicted molar refractivity (Wildman–Crippen MR) is 174 cm³/mol. The molecule has 1 aromatic rings. The van der Waals surface area contributed by atoms with Gasteiger partial charge in [0.25, 0.3) is 5.79 Å². The lowest BCUT2D eigenvalue weighted by Crippen LogP contribution is -2.59. The quantitative estimate of drug-likeness (QED) is 0.181. The molecule has 0 amide bonds. The van der Waals surface area contributed by atoms with Gasteiger partial charge in [-0.1, -0.05) is 85.2 Å². The van der Waals surface area contributed by atoms with Gasteiger partial charge in [0.1, 0.15) is 12.6 Å². The summed E-state index contributed by atoms with van der Waals surface area (Å²) in [6.45, 7) is 15.3. The first-order chi connectivity index (χ1) is 21.8. The van der Waals surface area contributed by atoms with Crippen molar-refractivity contribution in [2.24, 2.45) is 41.2 Å². The number of nitrogens with two attached hydrogens (primary N) is 1. The number of methoxy groups -OCH3 is 1. The minimum absolute atomic E-state index is 0.000704. The molecule has 0 saturated carbocycles. The Morgan fingerprint density at radius 1 is 1.04 bits per heavy atom. The van der Waals surface area contributed by atoms with Crippen LogP contribution in [0, 0.1) is 35.5 Å². The van der Waals surface area contributed by atoms with Crippen LogP contribution in [-0.4, -0.2) is 73.8 Å². The predicted octanol–water partition coefficient (Wildman–Crippen LogP) is 5.23. The second kappa shape index (κ2) is 17.9. The highest BCUT2D eigenvalue weighted by molar-refractivity contribution is 5.78. The van der Waals surface area contributed by atoms with Gasteiger partial charge in [-0.3, -0.25) is 4.79 Å². The number of carbonyl (C=O) groups excluding carboxylic acids is 2. The maximum absolute atomic E-state index is 13.2. The van der Waals surface area contributed by atoms with Crippen molar-refractivity contribution in [2.45, 2.75) is 124 Å². The highest BCUT2D eigenvalue weighted by Gasteiger charge is 2.54. The van der Waals surface area contributed by atoms with E-state index in [1.807, 2.05) is 51.1 Å². The largest absolute Gasteiger partial charge is 0.465 e. The van der Waals surface area contributed by atoms with Gasteiger partial charge >= 0.3 is 11.9 Å². The molecule has 12 atom stereocenters. The Bertz CT molecular complexity index is 1070. The number of ether oxygens (including phenoxy) is 6. The van der Waals surface area contributed by atoms with E-state index >= 15 is 0 Å². The van der Waals surface area contributed by atoms with Gasteiger partial charge in [-0.05, 0) is 54.4 Å². The van der Waals surface area contributed by atoms with Gasteiger partial charge < -0.3 is 39.3 Å². The van der Waals surface area contributed by atoms with E-state index in [0.29, 0.717) is 32.3 Å². The van der Waals surface area contributed by atoms with Crippen molar-refractivity contribution in [1.29, 1.82) is 0 Å². The van der Waals surface area contributed by atoms with Gasteiger partial charge in [-0.2, -0.15) is 0 Å². The summed E-state index contributed by atoms with van der Waals surface area (Å²) < 4.78 is 35.9. The third kappa shape index (κ3) is 9.73. The smallest absolute Gasteiger partial charge is 0.366 e. The lowest BCUT2D eigenvalue weighted by Gasteiger charge is -2.48. The van der Waals surface area contributed by atoms with E-state index in [-0.39, 0.29) is 54.8 Å². The molecule has 2 heterocycles. The summed E-state index contributed by atoms with van der Waals surface area (Å²) in [5, 5.41) is 11.1. The summed E-state index contributed by atoms with van der Waals surface area (Å²) in [4.78, 5) is 25.5. The molecule has 1 aromatic carbocycles. The first-order valence-corrected chi connectivity index (χ1v) is 17.2. The van der Waals surface area contributed by atoms with Crippen LogP contribution in [0.2, 0.25) is 0 Å².